The number of carbonyl (C=O) groups is 1. The average molecular weight is 267 g/mol. The highest BCUT2D eigenvalue weighted by molar-refractivity contribution is 5.75. The van der Waals surface area contributed by atoms with Gasteiger partial charge in [0.05, 0.1) is 26.9 Å². The van der Waals surface area contributed by atoms with Crippen LogP contribution in [0.15, 0.2) is 18.2 Å². The van der Waals surface area contributed by atoms with Crippen LogP contribution in [0, 0.1) is 0 Å². The maximum Gasteiger partial charge on any atom is 0.222 e. The van der Waals surface area contributed by atoms with E-state index in [1.807, 2.05) is 0 Å². The van der Waals surface area contributed by atoms with Crippen molar-refractivity contribution in [1.29, 1.82) is 0 Å². The largest absolute Gasteiger partial charge is 0.493 e. The molecule has 0 spiro atoms. The molecule has 0 heterocycles. The van der Waals surface area contributed by atoms with Crippen molar-refractivity contribution in [1.82, 2.24) is 4.90 Å². The molecule has 0 aliphatic rings. The molecule has 0 aliphatic heterocycles. The maximum atomic E-state index is 11.5. The van der Waals surface area contributed by atoms with Crippen LogP contribution in [-0.2, 0) is 4.79 Å². The zero-order valence-corrected chi connectivity index (χ0v) is 11.8. The van der Waals surface area contributed by atoms with Crippen LogP contribution < -0.4 is 9.47 Å². The van der Waals surface area contributed by atoms with Crippen molar-refractivity contribution in [2.75, 3.05) is 27.8 Å². The van der Waals surface area contributed by atoms with Crippen molar-refractivity contribution in [2.24, 2.45) is 0 Å². The van der Waals surface area contributed by atoms with E-state index in [0.29, 0.717) is 23.5 Å². The number of rotatable bonds is 6. The molecule has 0 aromatic heterocycles. The number of aliphatic hydroxyl groups is 1. The van der Waals surface area contributed by atoms with Crippen molar-refractivity contribution in [3.8, 4) is 11.5 Å². The summed E-state index contributed by atoms with van der Waals surface area (Å²) in [4.78, 5) is 13.0. The number of hydrogen-bond acceptors (Lipinski definition) is 4. The van der Waals surface area contributed by atoms with E-state index in [1.54, 1.807) is 46.4 Å². The summed E-state index contributed by atoms with van der Waals surface area (Å²) in [7, 11) is 4.78. The summed E-state index contributed by atoms with van der Waals surface area (Å²) in [5, 5.41) is 10.1. The Morgan fingerprint density at radius 2 is 1.95 bits per heavy atom. The van der Waals surface area contributed by atoms with Gasteiger partial charge in [-0.2, -0.15) is 0 Å². The molecule has 0 fully saturated rings. The molecule has 106 valence electrons. The number of nitrogens with zero attached hydrogens (tertiary/aromatic N) is 1. The van der Waals surface area contributed by atoms with Gasteiger partial charge in [0.1, 0.15) is 0 Å². The molecule has 1 aromatic carbocycles. The summed E-state index contributed by atoms with van der Waals surface area (Å²) >= 11 is 0. The molecule has 0 radical (unpaired) electrons. The number of carbonyl (C=O) groups excluding carboxylic acids is 1. The lowest BCUT2D eigenvalue weighted by atomic mass is 10.1. The van der Waals surface area contributed by atoms with Crippen LogP contribution in [0.25, 0.3) is 0 Å². The lowest BCUT2D eigenvalue weighted by Gasteiger charge is -2.21. The zero-order valence-electron chi connectivity index (χ0n) is 11.8. The average Bonchev–Trinajstić information content (AvgIpc) is 2.45. The number of likely N-dealkylation sites (N-methyl/N-ethyl adjacent to an activating group) is 1. The van der Waals surface area contributed by atoms with Gasteiger partial charge in [0, 0.05) is 13.5 Å². The van der Waals surface area contributed by atoms with Crippen LogP contribution in [0.1, 0.15) is 25.0 Å². The number of aliphatic hydroxyl groups excluding tert-OH is 1. The predicted molar refractivity (Wildman–Crippen MR) is 72.4 cm³/mol. The van der Waals surface area contributed by atoms with Gasteiger partial charge < -0.3 is 19.5 Å². The van der Waals surface area contributed by atoms with Gasteiger partial charge >= 0.3 is 0 Å². The summed E-state index contributed by atoms with van der Waals surface area (Å²) < 4.78 is 10.3. The SMILES string of the molecule is CCC(=O)N(C)CC(O)c1ccc(OC)c(OC)c1. The van der Waals surface area contributed by atoms with Crippen molar-refractivity contribution in [3.05, 3.63) is 23.8 Å². The minimum absolute atomic E-state index is 0.000438. The maximum absolute atomic E-state index is 11.5. The van der Waals surface area contributed by atoms with Gasteiger partial charge in [-0.3, -0.25) is 4.79 Å². The molecule has 0 bridgehead atoms. The van der Waals surface area contributed by atoms with Crippen molar-refractivity contribution in [2.45, 2.75) is 19.4 Å². The second-order valence-electron chi connectivity index (χ2n) is 4.26. The first-order valence-electron chi connectivity index (χ1n) is 6.17. The summed E-state index contributed by atoms with van der Waals surface area (Å²) in [5.74, 6) is 1.17. The Morgan fingerprint density at radius 1 is 1.32 bits per heavy atom. The van der Waals surface area contributed by atoms with E-state index in [9.17, 15) is 9.90 Å². The molecular formula is C14H21NO4. The Labute approximate surface area is 113 Å². The molecule has 1 atom stereocenters. The molecule has 0 saturated heterocycles. The first-order chi connectivity index (χ1) is 9.03. The van der Waals surface area contributed by atoms with Crippen molar-refractivity contribution < 1.29 is 19.4 Å². The molecule has 0 saturated carbocycles. The molecule has 1 aromatic rings. The minimum atomic E-state index is -0.750. The highest BCUT2D eigenvalue weighted by Gasteiger charge is 2.15. The third-order valence-corrected chi connectivity index (χ3v) is 2.97. The molecule has 19 heavy (non-hydrogen) atoms. The highest BCUT2D eigenvalue weighted by atomic mass is 16.5. The van der Waals surface area contributed by atoms with E-state index < -0.39 is 6.10 Å². The Balaban J connectivity index is 2.82. The Bertz CT molecular complexity index is 433. The highest BCUT2D eigenvalue weighted by Crippen LogP contribution is 2.30. The van der Waals surface area contributed by atoms with Crippen LogP contribution in [0.5, 0.6) is 11.5 Å². The number of methoxy groups -OCH3 is 2. The smallest absolute Gasteiger partial charge is 0.222 e. The van der Waals surface area contributed by atoms with E-state index >= 15 is 0 Å². The quantitative estimate of drug-likeness (QED) is 0.850. The molecule has 1 unspecified atom stereocenters. The van der Waals surface area contributed by atoms with Crippen molar-refractivity contribution in [3.63, 3.8) is 0 Å². The van der Waals surface area contributed by atoms with Gasteiger partial charge in [0.25, 0.3) is 0 Å². The third kappa shape index (κ3) is 3.86. The molecule has 1 rings (SSSR count). The van der Waals surface area contributed by atoms with E-state index in [2.05, 4.69) is 0 Å². The molecule has 0 aliphatic carbocycles. The zero-order chi connectivity index (χ0) is 14.4. The van der Waals surface area contributed by atoms with Crippen molar-refractivity contribution >= 4 is 5.91 Å². The van der Waals surface area contributed by atoms with Crippen LogP contribution in [0.4, 0.5) is 0 Å². The molecule has 5 heteroatoms. The van der Waals surface area contributed by atoms with Gasteiger partial charge in [-0.15, -0.1) is 0 Å². The number of amides is 1. The second kappa shape index (κ2) is 6.99. The molecule has 1 N–H and O–H groups in total. The predicted octanol–water partition coefficient (Wildman–Crippen LogP) is 1.61. The van der Waals surface area contributed by atoms with Crippen LogP contribution in [-0.4, -0.2) is 43.7 Å². The van der Waals surface area contributed by atoms with Gasteiger partial charge in [-0.1, -0.05) is 13.0 Å². The standard InChI is InChI=1S/C14H21NO4/c1-5-14(17)15(2)9-11(16)10-6-7-12(18-3)13(8-10)19-4/h6-8,11,16H,5,9H2,1-4H3. The van der Waals surface area contributed by atoms with Crippen LogP contribution in [0.2, 0.25) is 0 Å². The molecule has 5 nitrogen and oxygen atoms in total. The topological polar surface area (TPSA) is 59.0 Å². The van der Waals surface area contributed by atoms with Crippen LogP contribution >= 0.6 is 0 Å². The summed E-state index contributed by atoms with van der Waals surface area (Å²) in [5.41, 5.74) is 0.688. The monoisotopic (exact) mass is 267 g/mol. The molecular weight excluding hydrogens is 246 g/mol. The Morgan fingerprint density at radius 3 is 2.47 bits per heavy atom. The third-order valence-electron chi connectivity index (χ3n) is 2.97. The Kier molecular flexibility index (Phi) is 5.63. The lowest BCUT2D eigenvalue weighted by molar-refractivity contribution is -0.130. The summed E-state index contributed by atoms with van der Waals surface area (Å²) in [6, 6.07) is 5.21. The van der Waals surface area contributed by atoms with Gasteiger partial charge in [-0.25, -0.2) is 0 Å². The summed E-state index contributed by atoms with van der Waals surface area (Å²) in [6.45, 7) is 2.05. The molecule has 1 amide bonds. The normalized spacial score (nSPS) is 11.8. The Hall–Kier alpha value is -1.75. The van der Waals surface area contributed by atoms with E-state index in [1.165, 1.54) is 4.90 Å². The van der Waals surface area contributed by atoms with E-state index in [0.717, 1.165) is 0 Å². The van der Waals surface area contributed by atoms with Gasteiger partial charge in [0.2, 0.25) is 5.91 Å². The number of ether oxygens (including phenoxy) is 2. The number of hydrogen-bond donors (Lipinski definition) is 1. The summed E-state index contributed by atoms with van der Waals surface area (Å²) in [6.07, 6.45) is -0.324. The van der Waals surface area contributed by atoms with Crippen LogP contribution in [0.3, 0.4) is 0 Å². The fraction of sp³-hybridized carbons (Fsp3) is 0.500. The fourth-order valence-corrected chi connectivity index (χ4v) is 1.80. The van der Waals surface area contributed by atoms with E-state index in [-0.39, 0.29) is 12.5 Å². The second-order valence-corrected chi connectivity index (χ2v) is 4.26. The van der Waals surface area contributed by atoms with E-state index in [4.69, 9.17) is 9.47 Å². The van der Waals surface area contributed by atoms with Gasteiger partial charge in [-0.05, 0) is 17.7 Å². The minimum Gasteiger partial charge on any atom is -0.493 e. The fourth-order valence-electron chi connectivity index (χ4n) is 1.80. The lowest BCUT2D eigenvalue weighted by Crippen LogP contribution is -2.30. The number of benzene rings is 1. The first kappa shape index (κ1) is 15.3. The first-order valence-corrected chi connectivity index (χ1v) is 6.17. The van der Waals surface area contributed by atoms with Gasteiger partial charge in [0.15, 0.2) is 11.5 Å².